The second-order valence-corrected chi connectivity index (χ2v) is 3.24. The van der Waals surface area contributed by atoms with Crippen LogP contribution in [0.2, 0.25) is 0 Å². The summed E-state index contributed by atoms with van der Waals surface area (Å²) >= 11 is 0. The summed E-state index contributed by atoms with van der Waals surface area (Å²) < 4.78 is 0. The van der Waals surface area contributed by atoms with E-state index in [1.807, 2.05) is 0 Å². The van der Waals surface area contributed by atoms with Gasteiger partial charge < -0.3 is 16.2 Å². The van der Waals surface area contributed by atoms with E-state index in [2.05, 4.69) is 16.2 Å². The molecular weight excluding hydrogens is 222 g/mol. The summed E-state index contributed by atoms with van der Waals surface area (Å²) in [7, 11) is 0. The van der Waals surface area contributed by atoms with Crippen LogP contribution in [0.15, 0.2) is 18.3 Å². The van der Waals surface area contributed by atoms with Crippen molar-refractivity contribution in [2.45, 2.75) is 12.5 Å². The van der Waals surface area contributed by atoms with Gasteiger partial charge in [0.05, 0.1) is 5.56 Å². The molecule has 0 radical (unpaired) electrons. The van der Waals surface area contributed by atoms with E-state index in [9.17, 15) is 9.59 Å². The van der Waals surface area contributed by atoms with Gasteiger partial charge in [-0.1, -0.05) is 0 Å². The maximum absolute atomic E-state index is 10.8. The van der Waals surface area contributed by atoms with Gasteiger partial charge in [-0.15, -0.1) is 12.3 Å². The van der Waals surface area contributed by atoms with Gasteiger partial charge >= 0.3 is 5.97 Å². The molecule has 0 saturated heterocycles. The number of rotatable bonds is 5. The van der Waals surface area contributed by atoms with E-state index in [-0.39, 0.29) is 12.0 Å². The number of nitrogens with two attached hydrogens (primary N) is 1. The minimum Gasteiger partial charge on any atom is -0.480 e. The second kappa shape index (κ2) is 5.51. The molecule has 1 rings (SSSR count). The normalized spacial score (nSPS) is 11.2. The molecule has 0 aliphatic heterocycles. The van der Waals surface area contributed by atoms with E-state index in [4.69, 9.17) is 17.3 Å². The number of terminal acetylenes is 1. The number of aromatic nitrogens is 1. The topological polar surface area (TPSA) is 105 Å². The number of pyridine rings is 1. The fourth-order valence-electron chi connectivity index (χ4n) is 1.12. The third-order valence-corrected chi connectivity index (χ3v) is 1.99. The average Bonchev–Trinajstić information content (AvgIpc) is 2.29. The first kappa shape index (κ1) is 12.5. The van der Waals surface area contributed by atoms with Crippen molar-refractivity contribution >= 4 is 17.7 Å². The quantitative estimate of drug-likeness (QED) is 0.624. The SMILES string of the molecule is C#CCC(Nc1ccc(C(N)=O)cn1)C(=O)O. The largest absolute Gasteiger partial charge is 0.480 e. The minimum atomic E-state index is -1.07. The zero-order valence-corrected chi connectivity index (χ0v) is 8.88. The maximum Gasteiger partial charge on any atom is 0.327 e. The van der Waals surface area contributed by atoms with Crippen molar-refractivity contribution in [2.75, 3.05) is 5.32 Å². The Morgan fingerprint density at radius 1 is 1.59 bits per heavy atom. The third-order valence-electron chi connectivity index (χ3n) is 1.99. The molecule has 0 spiro atoms. The molecule has 1 heterocycles. The zero-order valence-electron chi connectivity index (χ0n) is 8.88. The maximum atomic E-state index is 10.8. The molecule has 17 heavy (non-hydrogen) atoms. The van der Waals surface area contributed by atoms with Crippen molar-refractivity contribution in [1.82, 2.24) is 4.98 Å². The van der Waals surface area contributed by atoms with Crippen LogP contribution in [0.4, 0.5) is 5.82 Å². The van der Waals surface area contributed by atoms with Crippen LogP contribution in [0.1, 0.15) is 16.8 Å². The van der Waals surface area contributed by atoms with Crippen LogP contribution in [0, 0.1) is 12.3 Å². The van der Waals surface area contributed by atoms with E-state index in [0.717, 1.165) is 0 Å². The predicted octanol–water partition coefficient (Wildman–Crippen LogP) is 0.0689. The van der Waals surface area contributed by atoms with E-state index >= 15 is 0 Å². The van der Waals surface area contributed by atoms with Gasteiger partial charge in [-0.05, 0) is 12.1 Å². The highest BCUT2D eigenvalue weighted by Crippen LogP contribution is 2.07. The van der Waals surface area contributed by atoms with Gasteiger partial charge in [0.15, 0.2) is 0 Å². The van der Waals surface area contributed by atoms with Crippen molar-refractivity contribution in [1.29, 1.82) is 0 Å². The predicted molar refractivity (Wildman–Crippen MR) is 61.3 cm³/mol. The van der Waals surface area contributed by atoms with Gasteiger partial charge in [-0.3, -0.25) is 4.79 Å². The highest BCUT2D eigenvalue weighted by atomic mass is 16.4. The standard InChI is InChI=1S/C11H11N3O3/c1-2-3-8(11(16)17)14-9-5-4-7(6-13-9)10(12)15/h1,4-6,8H,3H2,(H2,12,15)(H,13,14)(H,16,17). The molecule has 6 nitrogen and oxygen atoms in total. The number of carbonyl (C=O) groups excluding carboxylic acids is 1. The molecule has 1 unspecified atom stereocenters. The first-order valence-electron chi connectivity index (χ1n) is 4.73. The van der Waals surface area contributed by atoms with Crippen molar-refractivity contribution in [3.8, 4) is 12.3 Å². The molecule has 1 aromatic heterocycles. The van der Waals surface area contributed by atoms with Gasteiger partial charge in [0.25, 0.3) is 0 Å². The summed E-state index contributed by atoms with van der Waals surface area (Å²) in [6.07, 6.45) is 6.35. The summed E-state index contributed by atoms with van der Waals surface area (Å²) in [5, 5.41) is 11.5. The number of amides is 1. The average molecular weight is 233 g/mol. The highest BCUT2D eigenvalue weighted by Gasteiger charge is 2.16. The molecule has 4 N–H and O–H groups in total. The number of carboxylic acid groups (broad SMARTS) is 1. The highest BCUT2D eigenvalue weighted by molar-refractivity contribution is 5.92. The first-order chi connectivity index (χ1) is 8.04. The van der Waals surface area contributed by atoms with E-state index in [0.29, 0.717) is 5.82 Å². The molecule has 1 aromatic rings. The molecule has 0 fully saturated rings. The van der Waals surface area contributed by atoms with Crippen LogP contribution in [0.3, 0.4) is 0 Å². The van der Waals surface area contributed by atoms with Crippen LogP contribution in [0.25, 0.3) is 0 Å². The van der Waals surface area contributed by atoms with Crippen LogP contribution in [-0.4, -0.2) is 28.0 Å². The van der Waals surface area contributed by atoms with Crippen LogP contribution < -0.4 is 11.1 Å². The molecular formula is C11H11N3O3. The molecule has 88 valence electrons. The van der Waals surface area contributed by atoms with Gasteiger partial charge in [0.2, 0.25) is 5.91 Å². The Morgan fingerprint density at radius 2 is 2.29 bits per heavy atom. The van der Waals surface area contributed by atoms with Gasteiger partial charge in [-0.25, -0.2) is 9.78 Å². The summed E-state index contributed by atoms with van der Waals surface area (Å²) in [5.41, 5.74) is 5.29. The van der Waals surface area contributed by atoms with Gasteiger partial charge in [0.1, 0.15) is 11.9 Å². The Labute approximate surface area is 97.8 Å². The second-order valence-electron chi connectivity index (χ2n) is 3.24. The van der Waals surface area contributed by atoms with E-state index < -0.39 is 17.9 Å². The number of hydrogen-bond donors (Lipinski definition) is 3. The number of carbonyl (C=O) groups is 2. The molecule has 0 aromatic carbocycles. The number of hydrogen-bond acceptors (Lipinski definition) is 4. The molecule has 1 amide bonds. The third kappa shape index (κ3) is 3.50. The molecule has 0 bridgehead atoms. The number of aliphatic carboxylic acids is 1. The summed E-state index contributed by atoms with van der Waals surface area (Å²) in [4.78, 5) is 25.5. The molecule has 0 aliphatic carbocycles. The number of carboxylic acids is 1. The lowest BCUT2D eigenvalue weighted by Gasteiger charge is -2.12. The zero-order chi connectivity index (χ0) is 12.8. The minimum absolute atomic E-state index is 0.0363. The summed E-state index contributed by atoms with van der Waals surface area (Å²) in [5.74, 6) is 0.910. The van der Waals surface area contributed by atoms with E-state index in [1.165, 1.54) is 18.3 Å². The molecule has 6 heteroatoms. The summed E-state index contributed by atoms with van der Waals surface area (Å²) in [6, 6.07) is 2.01. The number of anilines is 1. The Bertz CT molecular complexity index is 462. The van der Waals surface area contributed by atoms with Crippen molar-refractivity contribution < 1.29 is 14.7 Å². The smallest absolute Gasteiger partial charge is 0.327 e. The Morgan fingerprint density at radius 3 is 2.71 bits per heavy atom. The lowest BCUT2D eigenvalue weighted by molar-refractivity contribution is -0.137. The van der Waals surface area contributed by atoms with Crippen LogP contribution in [-0.2, 0) is 4.79 Å². The van der Waals surface area contributed by atoms with Crippen LogP contribution >= 0.6 is 0 Å². The van der Waals surface area contributed by atoms with Gasteiger partial charge in [0, 0.05) is 12.6 Å². The Balaban J connectivity index is 2.77. The van der Waals surface area contributed by atoms with Crippen molar-refractivity contribution in [3.63, 3.8) is 0 Å². The lowest BCUT2D eigenvalue weighted by atomic mass is 10.2. The Hall–Kier alpha value is -2.55. The van der Waals surface area contributed by atoms with Crippen molar-refractivity contribution in [3.05, 3.63) is 23.9 Å². The first-order valence-corrected chi connectivity index (χ1v) is 4.73. The number of primary amides is 1. The van der Waals surface area contributed by atoms with Crippen molar-refractivity contribution in [2.24, 2.45) is 5.73 Å². The molecule has 0 aliphatic rings. The fourth-order valence-corrected chi connectivity index (χ4v) is 1.12. The number of nitrogens with one attached hydrogen (secondary N) is 1. The Kier molecular flexibility index (Phi) is 4.06. The van der Waals surface area contributed by atoms with Crippen LogP contribution in [0.5, 0.6) is 0 Å². The number of nitrogens with zero attached hydrogens (tertiary/aromatic N) is 1. The summed E-state index contributed by atoms with van der Waals surface area (Å²) in [6.45, 7) is 0. The van der Waals surface area contributed by atoms with E-state index in [1.54, 1.807) is 0 Å². The van der Waals surface area contributed by atoms with Gasteiger partial charge in [-0.2, -0.15) is 0 Å². The lowest BCUT2D eigenvalue weighted by Crippen LogP contribution is -2.29. The fraction of sp³-hybridized carbons (Fsp3) is 0.182. The monoisotopic (exact) mass is 233 g/mol. The molecule has 1 atom stereocenters. The molecule has 0 saturated carbocycles.